The average molecular weight is 172 g/mol. The van der Waals surface area contributed by atoms with Gasteiger partial charge in [0, 0.05) is 6.04 Å². The van der Waals surface area contributed by atoms with E-state index in [-0.39, 0.29) is 12.1 Å². The lowest BCUT2D eigenvalue weighted by Crippen LogP contribution is -2.31. The predicted octanol–water partition coefficient (Wildman–Crippen LogP) is 2.46. The Morgan fingerprint density at radius 1 is 1.25 bits per heavy atom. The van der Waals surface area contributed by atoms with Gasteiger partial charge >= 0.3 is 0 Å². The largest absolute Gasteiger partial charge is 0.762 e. The van der Waals surface area contributed by atoms with E-state index in [2.05, 4.69) is 0 Å². The van der Waals surface area contributed by atoms with Crippen molar-refractivity contribution in [2.75, 3.05) is 0 Å². The highest BCUT2D eigenvalue weighted by molar-refractivity contribution is 4.65. The minimum atomic E-state index is -0.0630. The Bertz CT molecular complexity index is 122. The van der Waals surface area contributed by atoms with Gasteiger partial charge in [0.1, 0.15) is 0 Å². The van der Waals surface area contributed by atoms with E-state index in [9.17, 15) is 5.21 Å². The van der Waals surface area contributed by atoms with E-state index in [1.807, 2.05) is 13.8 Å². The van der Waals surface area contributed by atoms with Gasteiger partial charge in [-0.2, -0.15) is 0 Å². The van der Waals surface area contributed by atoms with E-state index < -0.39 is 0 Å². The van der Waals surface area contributed by atoms with Gasteiger partial charge < -0.3 is 10.0 Å². The topological polar surface area (TPSA) is 35.5 Å². The van der Waals surface area contributed by atoms with Crippen LogP contribution in [0.4, 0.5) is 0 Å². The first-order chi connectivity index (χ1) is 5.70. The average Bonchev–Trinajstić information content (AvgIpc) is 2.06. The summed E-state index contributed by atoms with van der Waals surface area (Å²) in [6.45, 7) is 3.69. The molecule has 0 amide bonds. The molecule has 1 aliphatic carbocycles. The van der Waals surface area contributed by atoms with Gasteiger partial charge in [-0.25, -0.2) is 0 Å². The summed E-state index contributed by atoms with van der Waals surface area (Å²) in [6, 6.07) is -0.0630. The number of hydrogen-bond acceptors (Lipinski definition) is 3. The van der Waals surface area contributed by atoms with E-state index in [0.29, 0.717) is 0 Å². The van der Waals surface area contributed by atoms with E-state index >= 15 is 0 Å². The first-order valence-electron chi connectivity index (χ1n) is 4.83. The smallest absolute Gasteiger partial charge is 0.0781 e. The van der Waals surface area contributed by atoms with Crippen LogP contribution in [0, 0.1) is 5.21 Å². The number of hydrogen-bond donors (Lipinski definition) is 0. The Kier molecular flexibility index (Phi) is 3.98. The first-order valence-corrected chi connectivity index (χ1v) is 4.83. The Labute approximate surface area is 74.2 Å². The van der Waals surface area contributed by atoms with Gasteiger partial charge in [0.2, 0.25) is 0 Å². The molecule has 3 nitrogen and oxygen atoms in total. The van der Waals surface area contributed by atoms with Crippen LogP contribution >= 0.6 is 0 Å². The summed E-state index contributed by atoms with van der Waals surface area (Å²) in [4.78, 5) is 5.23. The van der Waals surface area contributed by atoms with Crippen molar-refractivity contribution < 1.29 is 4.84 Å². The molecule has 0 atom stereocenters. The van der Waals surface area contributed by atoms with Gasteiger partial charge in [0.25, 0.3) is 0 Å². The molecule has 1 rings (SSSR count). The number of nitrogens with zero attached hydrogens (tertiary/aromatic N) is 1. The molecular formula is C9H18NO2-. The molecule has 0 aromatic carbocycles. The third-order valence-electron chi connectivity index (χ3n) is 2.23. The molecule has 3 heteroatoms. The maximum absolute atomic E-state index is 11.1. The second-order valence-electron chi connectivity index (χ2n) is 3.74. The molecule has 1 saturated carbocycles. The third-order valence-corrected chi connectivity index (χ3v) is 2.23. The molecule has 1 fully saturated rings. The van der Waals surface area contributed by atoms with Crippen molar-refractivity contribution in [1.29, 1.82) is 0 Å². The maximum Gasteiger partial charge on any atom is 0.0781 e. The van der Waals surface area contributed by atoms with E-state index in [4.69, 9.17) is 4.84 Å². The molecule has 0 saturated heterocycles. The number of rotatable bonds is 3. The summed E-state index contributed by atoms with van der Waals surface area (Å²) in [6.07, 6.45) is 5.98. The minimum absolute atomic E-state index is 0.0630. The summed E-state index contributed by atoms with van der Waals surface area (Å²) in [7, 11) is 0. The fraction of sp³-hybridized carbons (Fsp3) is 1.00. The Morgan fingerprint density at radius 3 is 2.33 bits per heavy atom. The predicted molar refractivity (Wildman–Crippen MR) is 48.3 cm³/mol. The van der Waals surface area contributed by atoms with Crippen LogP contribution in [0.2, 0.25) is 0 Å². The summed E-state index contributed by atoms with van der Waals surface area (Å²) >= 11 is 0. The summed E-state index contributed by atoms with van der Waals surface area (Å²) in [5.41, 5.74) is 0. The van der Waals surface area contributed by atoms with Crippen molar-refractivity contribution in [3.05, 3.63) is 5.21 Å². The Morgan fingerprint density at radius 2 is 1.83 bits per heavy atom. The zero-order chi connectivity index (χ0) is 8.97. The van der Waals surface area contributed by atoms with Crippen molar-refractivity contribution in [3.63, 3.8) is 0 Å². The fourth-order valence-corrected chi connectivity index (χ4v) is 1.44. The van der Waals surface area contributed by atoms with Crippen LogP contribution in [0.25, 0.3) is 0 Å². The van der Waals surface area contributed by atoms with Gasteiger partial charge in [0.15, 0.2) is 0 Å². The second-order valence-corrected chi connectivity index (χ2v) is 3.74. The van der Waals surface area contributed by atoms with Crippen LogP contribution < -0.4 is 0 Å². The zero-order valence-electron chi connectivity index (χ0n) is 7.95. The molecule has 0 radical (unpaired) electrons. The van der Waals surface area contributed by atoms with Crippen molar-refractivity contribution >= 4 is 0 Å². The zero-order valence-corrected chi connectivity index (χ0v) is 7.95. The molecule has 12 heavy (non-hydrogen) atoms. The molecule has 0 aromatic heterocycles. The van der Waals surface area contributed by atoms with Gasteiger partial charge in [-0.15, -0.1) is 0 Å². The summed E-state index contributed by atoms with van der Waals surface area (Å²) in [5, 5.41) is 11.8. The lowest BCUT2D eigenvalue weighted by molar-refractivity contribution is -0.189. The molecule has 0 unspecified atom stereocenters. The SMILES string of the molecule is CC(C)N([O-])OC1CCCCC1. The van der Waals surface area contributed by atoms with Crippen LogP contribution in [-0.4, -0.2) is 17.4 Å². The second kappa shape index (κ2) is 4.80. The van der Waals surface area contributed by atoms with Crippen molar-refractivity contribution in [3.8, 4) is 0 Å². The van der Waals surface area contributed by atoms with E-state index in [1.165, 1.54) is 19.3 Å². The summed E-state index contributed by atoms with van der Waals surface area (Å²) in [5.74, 6) is 0. The van der Waals surface area contributed by atoms with Crippen molar-refractivity contribution in [2.45, 2.75) is 58.1 Å². The standard InChI is InChI=1S/C9H18NO2/c1-8(2)10(11)12-9-6-4-3-5-7-9/h8-9H,3-7H2,1-2H3/q-1. The van der Waals surface area contributed by atoms with Gasteiger partial charge in [-0.3, -0.25) is 5.23 Å². The highest BCUT2D eigenvalue weighted by Gasteiger charge is 2.15. The fourth-order valence-electron chi connectivity index (χ4n) is 1.44. The monoisotopic (exact) mass is 172 g/mol. The molecule has 0 N–H and O–H groups in total. The van der Waals surface area contributed by atoms with Gasteiger partial charge in [0.05, 0.1) is 6.10 Å². The molecule has 0 spiro atoms. The quantitative estimate of drug-likeness (QED) is 0.613. The third kappa shape index (κ3) is 3.09. The minimum Gasteiger partial charge on any atom is -0.762 e. The Balaban J connectivity index is 2.20. The first kappa shape index (κ1) is 9.96. The van der Waals surface area contributed by atoms with Crippen LogP contribution in [0.15, 0.2) is 0 Å². The van der Waals surface area contributed by atoms with Crippen LogP contribution in [0.5, 0.6) is 0 Å². The van der Waals surface area contributed by atoms with Crippen molar-refractivity contribution in [2.24, 2.45) is 0 Å². The Hall–Kier alpha value is -0.120. The summed E-state index contributed by atoms with van der Waals surface area (Å²) < 4.78 is 0. The molecular weight excluding hydrogens is 154 g/mol. The lowest BCUT2D eigenvalue weighted by atomic mass is 9.98. The van der Waals surface area contributed by atoms with Crippen LogP contribution in [0.3, 0.4) is 0 Å². The molecule has 0 aliphatic heterocycles. The number of hydroxylamine groups is 2. The highest BCUT2D eigenvalue weighted by atomic mass is 16.9. The normalized spacial score (nSPS) is 20.8. The van der Waals surface area contributed by atoms with Crippen molar-refractivity contribution in [1.82, 2.24) is 5.23 Å². The van der Waals surface area contributed by atoms with Gasteiger partial charge in [-0.1, -0.05) is 19.3 Å². The molecule has 1 aliphatic rings. The maximum atomic E-state index is 11.1. The molecule has 0 bridgehead atoms. The van der Waals surface area contributed by atoms with Crippen LogP contribution in [-0.2, 0) is 4.84 Å². The van der Waals surface area contributed by atoms with Crippen LogP contribution in [0.1, 0.15) is 46.0 Å². The molecule has 0 heterocycles. The molecule has 0 aromatic rings. The van der Waals surface area contributed by atoms with Gasteiger partial charge in [-0.05, 0) is 26.7 Å². The molecule has 72 valence electrons. The van der Waals surface area contributed by atoms with E-state index in [1.54, 1.807) is 0 Å². The lowest BCUT2D eigenvalue weighted by Gasteiger charge is -2.36. The van der Waals surface area contributed by atoms with E-state index in [0.717, 1.165) is 18.1 Å². The highest BCUT2D eigenvalue weighted by Crippen LogP contribution is 2.21.